The van der Waals surface area contributed by atoms with Crippen LogP contribution in [-0.4, -0.2) is 226 Å². The summed E-state index contributed by atoms with van der Waals surface area (Å²) in [4.78, 5) is 221. The number of benzene rings is 2. The summed E-state index contributed by atoms with van der Waals surface area (Å²) in [5.74, 6) is -12.7. The maximum absolute atomic E-state index is 15.9. The number of urea groups is 1. The lowest BCUT2D eigenvalue weighted by Crippen LogP contribution is -2.58. The molecule has 0 aliphatic carbocycles. The van der Waals surface area contributed by atoms with Crippen LogP contribution < -0.4 is 64.0 Å². The fourth-order valence-corrected chi connectivity index (χ4v) is 13.0. The molecule has 2 aromatic heterocycles. The Morgan fingerprint density at radius 3 is 1.78 bits per heavy atom. The molecule has 3 aliphatic heterocycles. The SMILES string of the molecule is CCc1c2c(nc3cc(F)c(NC(=O)CNC(=O)[C@H](C)NC(=O)[C@@H](NC(=O)[C@H](CCCCNC(=O)CCOCCOCCNC(=O)c4ccc(C(=O)NCCCCC(=O)NCCCC[C@H](NC(=O)N[C@@H](CCC(=O)O)C(=O)O)C(=O)O)cc4)NC(=O)CCCN4C(=O)C=CC4=O)C(C)C)cc13)-c1cc3c(c(=O)n1C2)COC(=O)[C@]3(O)CC. The van der Waals surface area contributed by atoms with Gasteiger partial charge in [-0.1, -0.05) is 27.7 Å². The van der Waals surface area contributed by atoms with Crippen LogP contribution in [0.5, 0.6) is 0 Å². The van der Waals surface area contributed by atoms with Crippen molar-refractivity contribution in [1.29, 1.82) is 0 Å². The number of hydrogen-bond donors (Lipinski definition) is 15. The average Bonchev–Trinajstić information content (AvgIpc) is 1.58. The van der Waals surface area contributed by atoms with E-state index >= 15 is 4.39 Å². The number of aromatic nitrogens is 2. The minimum atomic E-state index is -2.05. The molecule has 39 heteroatoms. The number of carbonyl (C=O) groups excluding carboxylic acids is 13. The number of halogens is 1. The van der Waals surface area contributed by atoms with Gasteiger partial charge < -0.3 is 97.7 Å². The zero-order valence-corrected chi connectivity index (χ0v) is 65.6. The Balaban J connectivity index is 0.758. The van der Waals surface area contributed by atoms with Crippen LogP contribution >= 0.6 is 0 Å². The molecule has 0 spiro atoms. The van der Waals surface area contributed by atoms with E-state index in [-0.39, 0.29) is 164 Å². The number of imide groups is 1. The molecule has 13 amide bonds. The fourth-order valence-electron chi connectivity index (χ4n) is 13.0. The highest BCUT2D eigenvalue weighted by atomic mass is 19.1. The van der Waals surface area contributed by atoms with Gasteiger partial charge in [-0.15, -0.1) is 0 Å². The van der Waals surface area contributed by atoms with Gasteiger partial charge in [0.25, 0.3) is 29.2 Å². The Morgan fingerprint density at radius 1 is 0.590 bits per heavy atom. The number of aliphatic carboxylic acids is 3. The molecule has 2 aromatic carbocycles. The van der Waals surface area contributed by atoms with Crippen LogP contribution in [-0.2, 0) is 102 Å². The summed E-state index contributed by atoms with van der Waals surface area (Å²) in [6.07, 6.45) is 3.87. The van der Waals surface area contributed by atoms with Crippen molar-refractivity contribution in [1.82, 2.24) is 67.6 Å². The highest BCUT2D eigenvalue weighted by molar-refractivity contribution is 6.13. The lowest BCUT2D eigenvalue weighted by Gasteiger charge is -2.31. The summed E-state index contributed by atoms with van der Waals surface area (Å²) >= 11 is 0. The number of cyclic esters (lactones) is 1. The van der Waals surface area contributed by atoms with Crippen molar-refractivity contribution in [3.05, 3.63) is 104 Å². The molecule has 38 nitrogen and oxygen atoms in total. The molecule has 0 saturated carbocycles. The Hall–Kier alpha value is -12.1. The van der Waals surface area contributed by atoms with Crippen molar-refractivity contribution in [3.8, 4) is 11.4 Å². The number of fused-ring (bicyclic) bond motifs is 5. The molecular weight excluding hydrogens is 1540 g/mol. The summed E-state index contributed by atoms with van der Waals surface area (Å²) in [7, 11) is 0. The highest BCUT2D eigenvalue weighted by Gasteiger charge is 2.46. The molecule has 4 aromatic rings. The number of rotatable bonds is 49. The zero-order valence-electron chi connectivity index (χ0n) is 65.6. The van der Waals surface area contributed by atoms with Crippen LogP contribution in [0, 0.1) is 11.7 Å². The van der Waals surface area contributed by atoms with E-state index in [9.17, 15) is 96.8 Å². The maximum Gasteiger partial charge on any atom is 0.343 e. The number of carbonyl (C=O) groups is 16. The summed E-state index contributed by atoms with van der Waals surface area (Å²) in [5, 5.41) is 67.2. The summed E-state index contributed by atoms with van der Waals surface area (Å²) < 4.78 is 33.6. The molecule has 6 atom stereocenters. The van der Waals surface area contributed by atoms with E-state index in [1.165, 1.54) is 41.8 Å². The third-order valence-corrected chi connectivity index (χ3v) is 19.5. The molecule has 0 bridgehead atoms. The van der Waals surface area contributed by atoms with Crippen molar-refractivity contribution in [2.45, 2.75) is 186 Å². The second-order valence-electron chi connectivity index (χ2n) is 28.4. The Bertz CT molecular complexity index is 4460. The molecule has 0 unspecified atom stereocenters. The van der Waals surface area contributed by atoms with Gasteiger partial charge in [-0.25, -0.2) is 28.6 Å². The predicted octanol–water partition coefficient (Wildman–Crippen LogP) is 1.07. The first-order valence-corrected chi connectivity index (χ1v) is 38.7. The first-order chi connectivity index (χ1) is 55.7. The fraction of sp³-hybridized carbons (Fsp3) is 0.513. The van der Waals surface area contributed by atoms with Crippen LogP contribution in [0.4, 0.5) is 14.9 Å². The normalized spacial score (nSPS) is 15.1. The van der Waals surface area contributed by atoms with Gasteiger partial charge in [-0.3, -0.25) is 67.2 Å². The number of anilines is 1. The molecule has 5 heterocycles. The van der Waals surface area contributed by atoms with Gasteiger partial charge in [0, 0.05) is 104 Å². The first kappa shape index (κ1) is 92.0. The molecule has 0 fully saturated rings. The second kappa shape index (κ2) is 44.7. The molecule has 15 N–H and O–H groups in total. The summed E-state index contributed by atoms with van der Waals surface area (Å²) in [6, 6.07) is 2.26. The number of amides is 13. The number of aryl methyl sites for hydroxylation is 1. The number of nitrogens with zero attached hydrogens (tertiary/aromatic N) is 3. The van der Waals surface area contributed by atoms with Gasteiger partial charge in [0.1, 0.15) is 42.6 Å². The van der Waals surface area contributed by atoms with E-state index in [0.29, 0.717) is 71.1 Å². The first-order valence-electron chi connectivity index (χ1n) is 38.7. The van der Waals surface area contributed by atoms with E-state index in [1.54, 1.807) is 26.8 Å². The third kappa shape index (κ3) is 26.7. The van der Waals surface area contributed by atoms with Gasteiger partial charge in [0.2, 0.25) is 41.4 Å². The van der Waals surface area contributed by atoms with Crippen LogP contribution in [0.2, 0.25) is 0 Å². The van der Waals surface area contributed by atoms with Gasteiger partial charge in [-0.2, -0.15) is 0 Å². The lowest BCUT2D eigenvalue weighted by molar-refractivity contribution is -0.172. The molecule has 0 saturated heterocycles. The van der Waals surface area contributed by atoms with E-state index < -0.39 is 156 Å². The molecule has 117 heavy (non-hydrogen) atoms. The minimum absolute atomic E-state index is 0.00208. The van der Waals surface area contributed by atoms with E-state index in [1.807, 2.05) is 6.92 Å². The standard InChI is InChI=1S/C78H101FN14O24/c1-6-47-48-37-57(52(79)39-56(48)88-67-49(47)41-93-58(67)38-51-50(73(93)107)42-117-76(112)78(51,114)7-2)87-62(97)40-84-68(102)44(5)85-72(106)66(43(3)4)91-71(105)53(86-61(96)18-14-32-92-63(98)24-25-64(92)99)15-8-11-29-81-60(95)27-33-115-35-36-116-34-31-83-70(104)46-21-19-45(20-22-46)69(103)82-30-13-10-17-59(94)80-28-12-9-16-54(74(108)109)89-77(113)90-55(75(110)111)23-26-65(100)101/h19-22,24-25,37-39,43-44,53-55,66,114H,6-18,23,26-36,40-42H2,1-5H3,(H,80,94)(H,81,95)(H,82,103)(H,83,104)(H,84,102)(H,85,106)(H,86,96)(H,87,97)(H,91,105)(H,100,101)(H,108,109)(H,110,111)(H2,89,90,113)/t44-,53-,54-,55-,66-,78-/m0/s1. The van der Waals surface area contributed by atoms with Gasteiger partial charge in [0.05, 0.1) is 67.7 Å². The van der Waals surface area contributed by atoms with Gasteiger partial charge >= 0.3 is 29.9 Å². The second-order valence-corrected chi connectivity index (χ2v) is 28.4. The van der Waals surface area contributed by atoms with E-state index in [0.717, 1.165) is 23.1 Å². The lowest BCUT2D eigenvalue weighted by atomic mass is 9.86. The molecule has 3 aliphatic rings. The Kier molecular flexibility index (Phi) is 35.1. The number of ether oxygens (including phenoxy) is 3. The maximum atomic E-state index is 15.9. The van der Waals surface area contributed by atoms with E-state index in [2.05, 4.69) is 58.5 Å². The number of esters is 1. The molecular formula is C78H101FN14O24. The quantitative estimate of drug-likeness (QED) is 0.0147. The van der Waals surface area contributed by atoms with Crippen LogP contribution in [0.25, 0.3) is 22.3 Å². The number of aliphatic hydroxyl groups is 1. The smallest absolute Gasteiger partial charge is 0.343 e. The van der Waals surface area contributed by atoms with Crippen molar-refractivity contribution in [2.75, 3.05) is 71.0 Å². The van der Waals surface area contributed by atoms with Gasteiger partial charge in [0.15, 0.2) is 5.60 Å². The highest BCUT2D eigenvalue weighted by Crippen LogP contribution is 2.41. The predicted molar refractivity (Wildman–Crippen MR) is 413 cm³/mol. The Labute approximate surface area is 671 Å². The van der Waals surface area contributed by atoms with E-state index in [4.69, 9.17) is 24.3 Å². The minimum Gasteiger partial charge on any atom is -0.481 e. The number of pyridine rings is 2. The van der Waals surface area contributed by atoms with Crippen molar-refractivity contribution in [2.24, 2.45) is 5.92 Å². The van der Waals surface area contributed by atoms with Crippen molar-refractivity contribution >= 4 is 111 Å². The van der Waals surface area contributed by atoms with Crippen molar-refractivity contribution in [3.63, 3.8) is 0 Å². The summed E-state index contributed by atoms with van der Waals surface area (Å²) in [5.41, 5.74) is 0.318. The topological polar surface area (TPSA) is 552 Å². The molecule has 0 radical (unpaired) electrons. The van der Waals surface area contributed by atoms with Crippen molar-refractivity contribution < 1.29 is 116 Å². The summed E-state index contributed by atoms with van der Waals surface area (Å²) in [6.45, 7) is 8.35. The molecule has 634 valence electrons. The number of carboxylic acids is 3. The van der Waals surface area contributed by atoms with Crippen LogP contribution in [0.15, 0.2) is 59.4 Å². The molecule has 7 rings (SSSR count). The van der Waals surface area contributed by atoms with Gasteiger partial charge in [-0.05, 0) is 132 Å². The number of hydrogen-bond acceptors (Lipinski definition) is 22. The number of unbranched alkanes of at least 4 members (excludes halogenated alkanes) is 3. The Morgan fingerprint density at radius 2 is 1.17 bits per heavy atom. The van der Waals surface area contributed by atoms with Crippen LogP contribution in [0.3, 0.4) is 0 Å². The number of nitrogens with one attached hydrogen (secondary N) is 11. The monoisotopic (exact) mass is 1640 g/mol. The average molecular weight is 1640 g/mol. The van der Waals surface area contributed by atoms with Crippen LogP contribution in [0.1, 0.15) is 174 Å². The third-order valence-electron chi connectivity index (χ3n) is 19.5. The largest absolute Gasteiger partial charge is 0.481 e. The number of carboxylic acid groups (broad SMARTS) is 3. The zero-order chi connectivity index (χ0) is 85.6.